The fourth-order valence-electron chi connectivity index (χ4n) is 4.32. The van der Waals surface area contributed by atoms with E-state index in [1.54, 1.807) is 36.3 Å². The van der Waals surface area contributed by atoms with Crippen molar-refractivity contribution < 1.29 is 23.9 Å². The van der Waals surface area contributed by atoms with Crippen molar-refractivity contribution in [1.29, 1.82) is 0 Å². The van der Waals surface area contributed by atoms with E-state index in [1.165, 1.54) is 16.9 Å². The topological polar surface area (TPSA) is 79.4 Å². The van der Waals surface area contributed by atoms with Crippen molar-refractivity contribution in [3.63, 3.8) is 0 Å². The lowest BCUT2D eigenvalue weighted by molar-refractivity contribution is -0.141. The molecule has 2 aliphatic heterocycles. The summed E-state index contributed by atoms with van der Waals surface area (Å²) in [7, 11) is 3.00. The lowest BCUT2D eigenvalue weighted by Gasteiger charge is -2.43. The third-order valence-electron chi connectivity index (χ3n) is 5.79. The molecule has 2 aromatic carbocycles. The minimum Gasteiger partial charge on any atom is -0.497 e. The molecule has 8 heteroatoms. The second-order valence-electron chi connectivity index (χ2n) is 7.59. The van der Waals surface area contributed by atoms with Crippen LogP contribution in [0.4, 0.5) is 10.5 Å². The van der Waals surface area contributed by atoms with Gasteiger partial charge < -0.3 is 19.3 Å². The van der Waals surface area contributed by atoms with Gasteiger partial charge in [-0.2, -0.15) is 0 Å². The van der Waals surface area contributed by atoms with Gasteiger partial charge in [-0.3, -0.25) is 9.59 Å². The molecule has 4 rings (SSSR count). The van der Waals surface area contributed by atoms with Gasteiger partial charge in [-0.15, -0.1) is 0 Å². The summed E-state index contributed by atoms with van der Waals surface area (Å²) >= 11 is 0. The van der Waals surface area contributed by atoms with Gasteiger partial charge in [0.2, 0.25) is 5.91 Å². The van der Waals surface area contributed by atoms with E-state index < -0.39 is 11.9 Å². The first-order valence-electron chi connectivity index (χ1n) is 10.2. The molecule has 0 bridgehead atoms. The van der Waals surface area contributed by atoms with E-state index in [-0.39, 0.29) is 24.6 Å². The Morgan fingerprint density at radius 2 is 1.74 bits per heavy atom. The summed E-state index contributed by atoms with van der Waals surface area (Å²) in [5.74, 6) is -0.0316. The molecular formula is C23H25N3O5. The molecule has 2 saturated heterocycles. The maximum atomic E-state index is 13.5. The van der Waals surface area contributed by atoms with Gasteiger partial charge in [-0.05, 0) is 36.2 Å². The van der Waals surface area contributed by atoms with Crippen molar-refractivity contribution in [1.82, 2.24) is 9.80 Å². The van der Waals surface area contributed by atoms with Crippen molar-refractivity contribution >= 4 is 23.5 Å². The van der Waals surface area contributed by atoms with Crippen LogP contribution in [0.15, 0.2) is 54.6 Å². The Morgan fingerprint density at radius 1 is 1.03 bits per heavy atom. The van der Waals surface area contributed by atoms with E-state index in [0.29, 0.717) is 30.9 Å². The third-order valence-corrected chi connectivity index (χ3v) is 5.79. The molecule has 162 valence electrons. The summed E-state index contributed by atoms with van der Waals surface area (Å²) in [5.41, 5.74) is 1.40. The first-order valence-corrected chi connectivity index (χ1v) is 10.2. The zero-order chi connectivity index (χ0) is 22.0. The molecule has 0 unspecified atom stereocenters. The van der Waals surface area contributed by atoms with Gasteiger partial charge in [0, 0.05) is 20.2 Å². The van der Waals surface area contributed by atoms with Crippen LogP contribution in [0.25, 0.3) is 0 Å². The van der Waals surface area contributed by atoms with Crippen LogP contribution in [-0.2, 0) is 20.9 Å². The fourth-order valence-corrected chi connectivity index (χ4v) is 4.32. The van der Waals surface area contributed by atoms with E-state index in [9.17, 15) is 14.4 Å². The highest BCUT2D eigenvalue weighted by Crippen LogP contribution is 2.34. The highest BCUT2D eigenvalue weighted by Gasteiger charge is 2.53. The number of urea groups is 1. The summed E-state index contributed by atoms with van der Waals surface area (Å²) in [4.78, 5) is 44.1. The number of nitrogens with zero attached hydrogens (tertiary/aromatic N) is 3. The summed E-state index contributed by atoms with van der Waals surface area (Å²) in [6.45, 7) is 0.650. The Labute approximate surface area is 180 Å². The second-order valence-corrected chi connectivity index (χ2v) is 7.59. The Bertz CT molecular complexity index is 963. The monoisotopic (exact) mass is 423 g/mol. The molecule has 0 N–H and O–H groups in total. The lowest BCUT2D eigenvalue weighted by atomic mass is 10.0. The van der Waals surface area contributed by atoms with Crippen LogP contribution in [0.2, 0.25) is 0 Å². The number of hydrogen-bond donors (Lipinski definition) is 0. The van der Waals surface area contributed by atoms with Gasteiger partial charge in [0.1, 0.15) is 18.4 Å². The molecule has 0 aliphatic carbocycles. The molecule has 2 aliphatic rings. The third kappa shape index (κ3) is 3.86. The smallest absolute Gasteiger partial charge is 0.332 e. The number of carbonyl (C=O) groups is 3. The highest BCUT2D eigenvalue weighted by molar-refractivity contribution is 6.19. The van der Waals surface area contributed by atoms with Crippen LogP contribution >= 0.6 is 0 Å². The largest absolute Gasteiger partial charge is 0.497 e. The van der Waals surface area contributed by atoms with Gasteiger partial charge in [0.15, 0.2) is 0 Å². The minimum absolute atomic E-state index is 0.105. The normalized spacial score (nSPS) is 20.8. The number of likely N-dealkylation sites (tertiary alicyclic amines) is 1. The molecule has 0 aromatic heterocycles. The van der Waals surface area contributed by atoms with E-state index in [0.717, 1.165) is 5.56 Å². The molecule has 0 saturated carbocycles. The zero-order valence-corrected chi connectivity index (χ0v) is 17.6. The van der Waals surface area contributed by atoms with Gasteiger partial charge in [0.25, 0.3) is 5.91 Å². The summed E-state index contributed by atoms with van der Waals surface area (Å²) in [6, 6.07) is 14.9. The predicted octanol–water partition coefficient (Wildman–Crippen LogP) is 2.28. The molecule has 0 spiro atoms. The van der Waals surface area contributed by atoms with Crippen molar-refractivity contribution in [2.75, 3.05) is 32.3 Å². The van der Waals surface area contributed by atoms with Gasteiger partial charge >= 0.3 is 6.03 Å². The zero-order valence-electron chi connectivity index (χ0n) is 17.6. The molecular weight excluding hydrogens is 398 g/mol. The standard InChI is InChI=1S/C23H25N3O5/c1-30-15-20(27)24-13-12-19-21(24)22(28)26(17-8-10-18(31-2)11-9-17)23(29)25(19)14-16-6-4-3-5-7-16/h3-11,19,21H,12-15H2,1-2H3/t19-,21-/m0/s1. The quantitative estimate of drug-likeness (QED) is 0.712. The molecule has 0 radical (unpaired) electrons. The van der Waals surface area contributed by atoms with Crippen molar-refractivity contribution in [3.8, 4) is 5.75 Å². The first kappa shape index (κ1) is 20.9. The van der Waals surface area contributed by atoms with Crippen molar-refractivity contribution in [2.45, 2.75) is 25.0 Å². The number of carbonyl (C=O) groups excluding carboxylic acids is 3. The number of benzene rings is 2. The molecule has 2 aromatic rings. The minimum atomic E-state index is -0.744. The summed E-state index contributed by atoms with van der Waals surface area (Å²) in [5, 5.41) is 0. The second kappa shape index (κ2) is 8.77. The molecule has 2 fully saturated rings. The number of methoxy groups -OCH3 is 2. The number of amides is 4. The Balaban J connectivity index is 1.72. The van der Waals surface area contributed by atoms with Gasteiger partial charge in [-0.25, -0.2) is 9.69 Å². The molecule has 31 heavy (non-hydrogen) atoms. The average Bonchev–Trinajstić information content (AvgIpc) is 3.24. The predicted molar refractivity (Wildman–Crippen MR) is 114 cm³/mol. The number of hydrogen-bond acceptors (Lipinski definition) is 5. The number of imide groups is 1. The number of ether oxygens (including phenoxy) is 2. The Kier molecular flexibility index (Phi) is 5.90. The van der Waals surface area contributed by atoms with Crippen LogP contribution in [0, 0.1) is 0 Å². The van der Waals surface area contributed by atoms with E-state index in [1.807, 2.05) is 30.3 Å². The fraction of sp³-hybridized carbons (Fsp3) is 0.348. The Hall–Kier alpha value is -3.39. The molecule has 2 heterocycles. The van der Waals surface area contributed by atoms with Crippen LogP contribution < -0.4 is 9.64 Å². The van der Waals surface area contributed by atoms with Crippen molar-refractivity contribution in [3.05, 3.63) is 60.2 Å². The summed E-state index contributed by atoms with van der Waals surface area (Å²) < 4.78 is 10.2. The number of rotatable bonds is 6. The number of anilines is 1. The van der Waals surface area contributed by atoms with Crippen LogP contribution in [-0.4, -0.2) is 67.1 Å². The van der Waals surface area contributed by atoms with E-state index in [2.05, 4.69) is 0 Å². The van der Waals surface area contributed by atoms with Crippen LogP contribution in [0.3, 0.4) is 0 Å². The Morgan fingerprint density at radius 3 is 2.39 bits per heavy atom. The average molecular weight is 423 g/mol. The maximum absolute atomic E-state index is 13.5. The van der Waals surface area contributed by atoms with Gasteiger partial charge in [-0.1, -0.05) is 30.3 Å². The highest BCUT2D eigenvalue weighted by atomic mass is 16.5. The van der Waals surface area contributed by atoms with Gasteiger partial charge in [0.05, 0.1) is 18.8 Å². The SMILES string of the molecule is COCC(=O)N1CC[C@H]2[C@H]1C(=O)N(c1ccc(OC)cc1)C(=O)N2Cc1ccccc1. The molecule has 4 amide bonds. The maximum Gasteiger partial charge on any atom is 0.332 e. The van der Waals surface area contributed by atoms with Crippen LogP contribution in [0.1, 0.15) is 12.0 Å². The van der Waals surface area contributed by atoms with E-state index in [4.69, 9.17) is 9.47 Å². The molecule has 2 atom stereocenters. The van der Waals surface area contributed by atoms with Crippen molar-refractivity contribution in [2.24, 2.45) is 0 Å². The van der Waals surface area contributed by atoms with Crippen LogP contribution in [0.5, 0.6) is 5.75 Å². The lowest BCUT2D eigenvalue weighted by Crippen LogP contribution is -2.66. The molecule has 8 nitrogen and oxygen atoms in total. The van der Waals surface area contributed by atoms with E-state index >= 15 is 0 Å². The summed E-state index contributed by atoms with van der Waals surface area (Å²) in [6.07, 6.45) is 0.543. The number of fused-ring (bicyclic) bond motifs is 1. The first-order chi connectivity index (χ1) is 15.0.